The molecule has 0 aliphatic heterocycles. The van der Waals surface area contributed by atoms with Crippen molar-refractivity contribution in [2.24, 2.45) is 0 Å². The predicted molar refractivity (Wildman–Crippen MR) is 78.6 cm³/mol. The molecule has 0 unspecified atom stereocenters. The summed E-state index contributed by atoms with van der Waals surface area (Å²) in [6.45, 7) is 4.62. The van der Waals surface area contributed by atoms with Gasteiger partial charge >= 0.3 is 5.69 Å². The van der Waals surface area contributed by atoms with Crippen molar-refractivity contribution in [1.29, 1.82) is 5.26 Å². The van der Waals surface area contributed by atoms with E-state index in [4.69, 9.17) is 0 Å². The van der Waals surface area contributed by atoms with E-state index in [9.17, 15) is 20.2 Å². The maximum atomic E-state index is 12.3. The van der Waals surface area contributed by atoms with Crippen molar-refractivity contribution in [1.82, 2.24) is 14.8 Å². The first kappa shape index (κ1) is 15.8. The lowest BCUT2D eigenvalue weighted by atomic mass is 10.1. The number of carbonyl (C=O) groups excluding carboxylic acids is 1. The van der Waals surface area contributed by atoms with Crippen molar-refractivity contribution in [3.8, 4) is 6.07 Å². The van der Waals surface area contributed by atoms with Crippen molar-refractivity contribution >= 4 is 22.8 Å². The van der Waals surface area contributed by atoms with Gasteiger partial charge in [-0.1, -0.05) is 0 Å². The zero-order chi connectivity index (χ0) is 16.4. The number of nitriles is 1. The molecule has 0 radical (unpaired) electrons. The molecule has 8 nitrogen and oxygen atoms in total. The molecule has 2 aromatic rings. The highest BCUT2D eigenvalue weighted by Gasteiger charge is 2.27. The van der Waals surface area contributed by atoms with Crippen LogP contribution in [0.4, 0.5) is 5.69 Å². The second-order valence-electron chi connectivity index (χ2n) is 4.79. The molecule has 0 bridgehead atoms. The summed E-state index contributed by atoms with van der Waals surface area (Å²) in [5.74, 6) is -1.38. The van der Waals surface area contributed by atoms with Crippen molar-refractivity contribution in [3.05, 3.63) is 37.6 Å². The van der Waals surface area contributed by atoms with E-state index in [1.54, 1.807) is 12.3 Å². The molecule has 0 spiro atoms. The highest BCUT2D eigenvalue weighted by molar-refractivity contribution is 7.09. The normalized spacial score (nSPS) is 11.9. The number of nitrogens with zero attached hydrogens (tertiary/aromatic N) is 5. The summed E-state index contributed by atoms with van der Waals surface area (Å²) in [4.78, 5) is 26.9. The van der Waals surface area contributed by atoms with E-state index in [2.05, 4.69) is 10.1 Å². The Morgan fingerprint density at radius 1 is 1.55 bits per heavy atom. The Hall–Kier alpha value is -2.60. The molecule has 0 saturated carbocycles. The first-order chi connectivity index (χ1) is 10.3. The van der Waals surface area contributed by atoms with Crippen LogP contribution in [0.5, 0.6) is 0 Å². The number of hydrogen-bond donors (Lipinski definition) is 0. The lowest BCUT2D eigenvalue weighted by molar-refractivity contribution is -0.386. The van der Waals surface area contributed by atoms with Gasteiger partial charge in [-0.25, -0.2) is 4.98 Å². The van der Waals surface area contributed by atoms with E-state index in [0.717, 1.165) is 5.69 Å². The molecule has 2 rings (SSSR count). The molecule has 2 aromatic heterocycles. The van der Waals surface area contributed by atoms with Crippen molar-refractivity contribution in [2.45, 2.75) is 33.2 Å². The Morgan fingerprint density at radius 3 is 2.68 bits per heavy atom. The molecule has 0 aliphatic carbocycles. The fraction of sp³-hybridized carbons (Fsp3) is 0.385. The van der Waals surface area contributed by atoms with Crippen LogP contribution in [-0.2, 0) is 11.3 Å². The fourth-order valence-corrected chi connectivity index (χ4v) is 2.98. The highest BCUT2D eigenvalue weighted by Crippen LogP contribution is 2.24. The zero-order valence-corrected chi connectivity index (χ0v) is 13.0. The number of aryl methyl sites for hydroxylation is 2. The fourth-order valence-electron chi connectivity index (χ4n) is 2.11. The zero-order valence-electron chi connectivity index (χ0n) is 12.2. The average molecular weight is 319 g/mol. The van der Waals surface area contributed by atoms with E-state index in [0.29, 0.717) is 10.7 Å². The maximum Gasteiger partial charge on any atom is 0.312 e. The van der Waals surface area contributed by atoms with E-state index >= 15 is 0 Å². The summed E-state index contributed by atoms with van der Waals surface area (Å²) in [6.07, 6.45) is 0. The minimum atomic E-state index is -0.985. The number of nitro groups is 1. The third kappa shape index (κ3) is 2.87. The van der Waals surface area contributed by atoms with E-state index in [1.165, 1.54) is 29.9 Å². The number of aromatic nitrogens is 3. The number of Topliss-reactive ketones (excluding diaryl/α,β-unsaturated/α-hetero) is 1. The number of carbonyl (C=O) groups is 1. The van der Waals surface area contributed by atoms with E-state index in [1.807, 2.05) is 6.07 Å². The Labute approximate surface area is 130 Å². The quantitative estimate of drug-likeness (QED) is 0.615. The topological polar surface area (TPSA) is 115 Å². The second kappa shape index (κ2) is 6.03. The number of rotatable bonds is 5. The van der Waals surface area contributed by atoms with E-state index in [-0.39, 0.29) is 17.9 Å². The first-order valence-corrected chi connectivity index (χ1v) is 7.25. The van der Waals surface area contributed by atoms with Crippen molar-refractivity contribution in [3.63, 3.8) is 0 Å². The van der Waals surface area contributed by atoms with Crippen LogP contribution in [0.15, 0.2) is 5.38 Å². The summed E-state index contributed by atoms with van der Waals surface area (Å²) >= 11 is 1.25. The smallest absolute Gasteiger partial charge is 0.296 e. The molecule has 0 fully saturated rings. The van der Waals surface area contributed by atoms with Crippen LogP contribution < -0.4 is 0 Å². The van der Waals surface area contributed by atoms with Gasteiger partial charge in [-0.3, -0.25) is 19.6 Å². The molecular weight excluding hydrogens is 306 g/mol. The Kier molecular flexibility index (Phi) is 4.32. The molecular formula is C13H13N5O3S. The van der Waals surface area contributed by atoms with Gasteiger partial charge < -0.3 is 0 Å². The van der Waals surface area contributed by atoms with Crippen LogP contribution in [0.1, 0.15) is 28.0 Å². The lowest BCUT2D eigenvalue weighted by Crippen LogP contribution is -2.19. The van der Waals surface area contributed by atoms with Crippen molar-refractivity contribution < 1.29 is 9.72 Å². The minimum absolute atomic E-state index is 0.105. The van der Waals surface area contributed by atoms with Gasteiger partial charge in [-0.15, -0.1) is 11.3 Å². The predicted octanol–water partition coefficient (Wildman–Crippen LogP) is 2.05. The molecule has 0 N–H and O–H groups in total. The third-order valence-corrected chi connectivity index (χ3v) is 4.19. The summed E-state index contributed by atoms with van der Waals surface area (Å²) in [6, 6.07) is 1.94. The van der Waals surface area contributed by atoms with Crippen LogP contribution >= 0.6 is 11.3 Å². The molecule has 0 aliphatic rings. The molecule has 22 heavy (non-hydrogen) atoms. The van der Waals surface area contributed by atoms with Gasteiger partial charge in [0.05, 0.1) is 11.0 Å². The van der Waals surface area contributed by atoms with Crippen LogP contribution in [0.3, 0.4) is 0 Å². The summed E-state index contributed by atoms with van der Waals surface area (Å²) < 4.78 is 1.26. The molecule has 0 saturated heterocycles. The Balaban J connectivity index is 2.27. The Morgan fingerprint density at radius 2 is 2.23 bits per heavy atom. The monoisotopic (exact) mass is 319 g/mol. The number of hydrogen-bond acceptors (Lipinski definition) is 7. The lowest BCUT2D eigenvalue weighted by Gasteiger charge is -2.06. The van der Waals surface area contributed by atoms with Crippen LogP contribution in [0.2, 0.25) is 0 Å². The van der Waals surface area contributed by atoms with Gasteiger partial charge in [0.25, 0.3) is 0 Å². The van der Waals surface area contributed by atoms with Gasteiger partial charge in [0.1, 0.15) is 22.9 Å². The van der Waals surface area contributed by atoms with Gasteiger partial charge in [-0.05, 0) is 20.8 Å². The average Bonchev–Trinajstić information content (AvgIpc) is 2.95. The van der Waals surface area contributed by atoms with E-state index < -0.39 is 16.6 Å². The standard InChI is InChI=1S/C13H13N5O3S/c1-7-6-22-13(15-7)10(4-14)11(19)5-17-9(3)12(18(20)21)8(2)16-17/h6,10H,5H2,1-3H3/t10-/m0/s1. The van der Waals surface area contributed by atoms with Gasteiger partial charge in [-0.2, -0.15) is 10.4 Å². The first-order valence-electron chi connectivity index (χ1n) is 6.38. The molecule has 0 amide bonds. The van der Waals surface area contributed by atoms with Gasteiger partial charge in [0.2, 0.25) is 0 Å². The largest absolute Gasteiger partial charge is 0.312 e. The third-order valence-electron chi connectivity index (χ3n) is 3.17. The molecule has 0 aromatic carbocycles. The van der Waals surface area contributed by atoms with Gasteiger partial charge in [0.15, 0.2) is 11.7 Å². The summed E-state index contributed by atoms with van der Waals surface area (Å²) in [5.41, 5.74) is 1.18. The highest BCUT2D eigenvalue weighted by atomic mass is 32.1. The second-order valence-corrected chi connectivity index (χ2v) is 5.68. The SMILES string of the molecule is Cc1csc([C@@H](C#N)C(=O)Cn2nc(C)c([N+](=O)[O-])c2C)n1. The molecule has 2 heterocycles. The number of ketones is 1. The molecule has 9 heteroatoms. The van der Waals surface area contributed by atoms with Crippen molar-refractivity contribution in [2.75, 3.05) is 0 Å². The molecule has 1 atom stereocenters. The van der Waals surface area contributed by atoms with Crippen LogP contribution in [-0.4, -0.2) is 25.5 Å². The van der Waals surface area contributed by atoms with Crippen LogP contribution in [0, 0.1) is 42.2 Å². The number of thiazole rings is 1. The summed E-state index contributed by atoms with van der Waals surface area (Å²) in [5, 5.41) is 26.4. The summed E-state index contributed by atoms with van der Waals surface area (Å²) in [7, 11) is 0. The molecule has 114 valence electrons. The Bertz CT molecular complexity index is 786. The minimum Gasteiger partial charge on any atom is -0.296 e. The van der Waals surface area contributed by atoms with Crippen LogP contribution in [0.25, 0.3) is 0 Å². The van der Waals surface area contributed by atoms with Gasteiger partial charge in [0, 0.05) is 11.1 Å². The maximum absolute atomic E-state index is 12.3.